The van der Waals surface area contributed by atoms with E-state index in [0.717, 1.165) is 11.0 Å². The zero-order valence-corrected chi connectivity index (χ0v) is 12.9. The lowest BCUT2D eigenvalue weighted by molar-refractivity contribution is -0.0388. The summed E-state index contributed by atoms with van der Waals surface area (Å²) in [7, 11) is 1.25. The minimum absolute atomic E-state index is 0.275. The van der Waals surface area contributed by atoms with Crippen LogP contribution in [0, 0.1) is 0 Å². The van der Waals surface area contributed by atoms with Gasteiger partial charge in [0, 0.05) is 7.11 Å². The fourth-order valence-electron chi connectivity index (χ4n) is 2.10. The molecule has 0 aromatic heterocycles. The third-order valence-corrected chi connectivity index (χ3v) is 4.02. The second kappa shape index (κ2) is 5.86. The summed E-state index contributed by atoms with van der Waals surface area (Å²) in [5.74, 6) is 0. The lowest BCUT2D eigenvalue weighted by atomic mass is 9.76. The van der Waals surface area contributed by atoms with Gasteiger partial charge in [-0.05, 0) is 38.7 Å². The first-order valence-electron chi connectivity index (χ1n) is 6.87. The van der Waals surface area contributed by atoms with E-state index in [2.05, 4.69) is 27.7 Å². The Labute approximate surface area is 121 Å². The van der Waals surface area contributed by atoms with Crippen LogP contribution in [0.15, 0.2) is 24.3 Å². The van der Waals surface area contributed by atoms with E-state index in [1.807, 2.05) is 24.3 Å². The second-order valence-electron chi connectivity index (χ2n) is 6.04. The predicted molar refractivity (Wildman–Crippen MR) is 78.8 cm³/mol. The van der Waals surface area contributed by atoms with Gasteiger partial charge in [-0.25, -0.2) is 0 Å². The van der Waals surface area contributed by atoms with Gasteiger partial charge in [-0.15, -0.1) is 0 Å². The van der Waals surface area contributed by atoms with Gasteiger partial charge < -0.3 is 18.8 Å². The molecule has 2 rings (SSSR count). The molecule has 0 bridgehead atoms. The molecule has 1 aromatic carbocycles. The first kappa shape index (κ1) is 15.5. The summed E-state index contributed by atoms with van der Waals surface area (Å²) < 4.78 is 22.5. The van der Waals surface area contributed by atoms with Gasteiger partial charge in [0.25, 0.3) is 0 Å². The third-order valence-electron chi connectivity index (χ3n) is 4.02. The molecule has 0 aliphatic carbocycles. The number of benzene rings is 1. The number of methoxy groups -OCH3 is 1. The quantitative estimate of drug-likeness (QED) is 0.469. The van der Waals surface area contributed by atoms with E-state index >= 15 is 0 Å². The lowest BCUT2D eigenvalue weighted by Crippen LogP contribution is -2.41. The predicted octanol–water partition coefficient (Wildman–Crippen LogP) is 2.11. The van der Waals surface area contributed by atoms with Crippen LogP contribution in [0.25, 0.3) is 0 Å². The highest BCUT2D eigenvalue weighted by Gasteiger charge is 2.52. The molecule has 0 atom stereocenters. The van der Waals surface area contributed by atoms with Crippen molar-refractivity contribution in [1.82, 2.24) is 0 Å². The van der Waals surface area contributed by atoms with Gasteiger partial charge in [-0.2, -0.15) is 0 Å². The summed E-state index contributed by atoms with van der Waals surface area (Å²) in [6, 6.07) is 8.02. The maximum Gasteiger partial charge on any atom is 0.495 e. The van der Waals surface area contributed by atoms with E-state index < -0.39 is 0 Å². The molecule has 110 valence electrons. The SMILES string of the molecule is COCOCc1ccccc1B1OC(C)(C)C(C)(C)O1. The Balaban J connectivity index is 2.17. The fraction of sp³-hybridized carbons (Fsp3) is 0.600. The highest BCUT2D eigenvalue weighted by molar-refractivity contribution is 6.62. The molecule has 1 aliphatic rings. The Hall–Kier alpha value is -0.875. The van der Waals surface area contributed by atoms with Crippen molar-refractivity contribution >= 4 is 12.6 Å². The Morgan fingerprint density at radius 1 is 1.05 bits per heavy atom. The summed E-state index contributed by atoms with van der Waals surface area (Å²) in [5, 5.41) is 0. The minimum atomic E-state index is -0.359. The molecule has 1 heterocycles. The molecule has 1 aliphatic heterocycles. The molecule has 0 saturated carbocycles. The molecule has 1 fully saturated rings. The maximum absolute atomic E-state index is 6.09. The van der Waals surface area contributed by atoms with Gasteiger partial charge in [0.1, 0.15) is 6.79 Å². The molecule has 0 spiro atoms. The Bertz CT molecular complexity index is 443. The average Bonchev–Trinajstić information content (AvgIpc) is 2.59. The molecular weight excluding hydrogens is 255 g/mol. The summed E-state index contributed by atoms with van der Waals surface area (Å²) in [6.07, 6.45) is 0. The van der Waals surface area contributed by atoms with E-state index in [-0.39, 0.29) is 25.1 Å². The molecule has 20 heavy (non-hydrogen) atoms. The van der Waals surface area contributed by atoms with E-state index in [4.69, 9.17) is 18.8 Å². The van der Waals surface area contributed by atoms with Crippen LogP contribution in [0.2, 0.25) is 0 Å². The summed E-state index contributed by atoms with van der Waals surface area (Å²) in [5.41, 5.74) is 1.40. The standard InChI is InChI=1S/C15H23BO4/c1-14(2)15(3,4)20-16(19-14)13-9-7-6-8-12(13)10-18-11-17-5/h6-9H,10-11H2,1-5H3. The van der Waals surface area contributed by atoms with E-state index in [1.54, 1.807) is 7.11 Å². The van der Waals surface area contributed by atoms with E-state index in [9.17, 15) is 0 Å². The van der Waals surface area contributed by atoms with Gasteiger partial charge in [0.2, 0.25) is 0 Å². The number of ether oxygens (including phenoxy) is 2. The number of rotatable bonds is 5. The zero-order chi connectivity index (χ0) is 14.8. The average molecular weight is 278 g/mol. The van der Waals surface area contributed by atoms with Crippen molar-refractivity contribution in [3.8, 4) is 0 Å². The molecule has 0 N–H and O–H groups in total. The molecule has 4 nitrogen and oxygen atoms in total. The van der Waals surface area contributed by atoms with Crippen molar-refractivity contribution in [3.05, 3.63) is 29.8 Å². The summed E-state index contributed by atoms with van der Waals surface area (Å²) in [6.45, 7) is 8.97. The van der Waals surface area contributed by atoms with Gasteiger partial charge in [0.05, 0.1) is 17.8 Å². The van der Waals surface area contributed by atoms with Gasteiger partial charge >= 0.3 is 7.12 Å². The van der Waals surface area contributed by atoms with Crippen molar-refractivity contribution in [2.75, 3.05) is 13.9 Å². The summed E-state index contributed by atoms with van der Waals surface area (Å²) in [4.78, 5) is 0. The Morgan fingerprint density at radius 2 is 1.65 bits per heavy atom. The van der Waals surface area contributed by atoms with E-state index in [0.29, 0.717) is 6.61 Å². The van der Waals surface area contributed by atoms with Gasteiger partial charge in [0.15, 0.2) is 0 Å². The normalized spacial score (nSPS) is 20.4. The van der Waals surface area contributed by atoms with Crippen molar-refractivity contribution in [2.24, 2.45) is 0 Å². The van der Waals surface area contributed by atoms with Crippen LogP contribution in [0.4, 0.5) is 0 Å². The third kappa shape index (κ3) is 3.06. The highest BCUT2D eigenvalue weighted by Crippen LogP contribution is 2.36. The molecule has 1 saturated heterocycles. The lowest BCUT2D eigenvalue weighted by Gasteiger charge is -2.32. The van der Waals surface area contributed by atoms with E-state index in [1.165, 1.54) is 0 Å². The van der Waals surface area contributed by atoms with Crippen molar-refractivity contribution < 1.29 is 18.8 Å². The molecule has 5 heteroatoms. The highest BCUT2D eigenvalue weighted by atomic mass is 16.7. The van der Waals surface area contributed by atoms with Crippen LogP contribution in [0.5, 0.6) is 0 Å². The zero-order valence-electron chi connectivity index (χ0n) is 12.9. The minimum Gasteiger partial charge on any atom is -0.399 e. The molecular formula is C15H23BO4. The Morgan fingerprint density at radius 3 is 2.25 bits per heavy atom. The monoisotopic (exact) mass is 278 g/mol. The van der Waals surface area contributed by atoms with Crippen LogP contribution in [0.1, 0.15) is 33.3 Å². The maximum atomic E-state index is 6.09. The van der Waals surface area contributed by atoms with Crippen molar-refractivity contribution in [3.63, 3.8) is 0 Å². The fourth-order valence-corrected chi connectivity index (χ4v) is 2.10. The molecule has 1 aromatic rings. The van der Waals surface area contributed by atoms with Crippen molar-refractivity contribution in [1.29, 1.82) is 0 Å². The van der Waals surface area contributed by atoms with Crippen LogP contribution in [-0.2, 0) is 25.4 Å². The van der Waals surface area contributed by atoms with Gasteiger partial charge in [-0.3, -0.25) is 0 Å². The first-order valence-corrected chi connectivity index (χ1v) is 6.87. The number of hydrogen-bond acceptors (Lipinski definition) is 4. The largest absolute Gasteiger partial charge is 0.495 e. The van der Waals surface area contributed by atoms with Crippen LogP contribution < -0.4 is 5.46 Å². The molecule has 0 unspecified atom stereocenters. The topological polar surface area (TPSA) is 36.9 Å². The van der Waals surface area contributed by atoms with Gasteiger partial charge in [-0.1, -0.05) is 24.3 Å². The first-order chi connectivity index (χ1) is 9.37. The van der Waals surface area contributed by atoms with Crippen LogP contribution in [-0.4, -0.2) is 32.2 Å². The summed E-state index contributed by atoms with van der Waals surface area (Å²) >= 11 is 0. The Kier molecular flexibility index (Phi) is 4.54. The smallest absolute Gasteiger partial charge is 0.399 e. The second-order valence-corrected chi connectivity index (χ2v) is 6.04. The van der Waals surface area contributed by atoms with Crippen LogP contribution >= 0.6 is 0 Å². The van der Waals surface area contributed by atoms with Crippen molar-refractivity contribution in [2.45, 2.75) is 45.5 Å². The van der Waals surface area contributed by atoms with Crippen LogP contribution in [0.3, 0.4) is 0 Å². The molecule has 0 amide bonds. The number of hydrogen-bond donors (Lipinski definition) is 0. The molecule has 0 radical (unpaired) electrons.